The molecule has 1 aromatic carbocycles. The third kappa shape index (κ3) is 5.09. The molecular weight excluding hydrogens is 362 g/mol. The van der Waals surface area contributed by atoms with Gasteiger partial charge in [0.1, 0.15) is 0 Å². The van der Waals surface area contributed by atoms with Gasteiger partial charge in [-0.2, -0.15) is 5.10 Å². The first-order valence-electron chi connectivity index (χ1n) is 10.2. The Hall–Kier alpha value is -2.99. The average molecular weight is 390 g/mol. The summed E-state index contributed by atoms with van der Waals surface area (Å²) in [6.45, 7) is 2.82. The van der Waals surface area contributed by atoms with Gasteiger partial charge >= 0.3 is 0 Å². The second-order valence-electron chi connectivity index (χ2n) is 7.67. The molecule has 1 fully saturated rings. The molecule has 0 unspecified atom stereocenters. The molecule has 29 heavy (non-hydrogen) atoms. The zero-order valence-electron chi connectivity index (χ0n) is 16.8. The third-order valence-corrected chi connectivity index (χ3v) is 5.48. The smallest absolute Gasteiger partial charge is 0.224 e. The molecule has 1 amide bonds. The summed E-state index contributed by atoms with van der Waals surface area (Å²) in [5, 5.41) is 7.83. The predicted octanol–water partition coefficient (Wildman–Crippen LogP) is 2.81. The highest BCUT2D eigenvalue weighted by molar-refractivity contribution is 5.78. The Labute approximate surface area is 171 Å². The van der Waals surface area contributed by atoms with E-state index in [1.807, 2.05) is 60.4 Å². The number of amides is 1. The molecule has 0 atom stereocenters. The van der Waals surface area contributed by atoms with Crippen molar-refractivity contribution in [2.45, 2.75) is 31.8 Å². The molecule has 0 bridgehead atoms. The lowest BCUT2D eigenvalue weighted by Gasteiger charge is -2.32. The Morgan fingerprint density at radius 1 is 1.14 bits per heavy atom. The number of pyridine rings is 1. The summed E-state index contributed by atoms with van der Waals surface area (Å²) < 4.78 is 1.95. The first-order chi connectivity index (χ1) is 14.2. The highest BCUT2D eigenvalue weighted by Crippen LogP contribution is 2.20. The maximum Gasteiger partial charge on any atom is 0.224 e. The van der Waals surface area contributed by atoms with Crippen LogP contribution in [0.1, 0.15) is 24.1 Å². The molecule has 1 saturated heterocycles. The summed E-state index contributed by atoms with van der Waals surface area (Å²) in [6, 6.07) is 16.3. The highest BCUT2D eigenvalue weighted by Gasteiger charge is 2.22. The standard InChI is InChI=1S/C23H27N5O/c1-27-21(15-22(26-27)19-8-5-11-24-16-19)17-28-12-9-20(10-13-28)25-23(29)14-18-6-3-2-4-7-18/h2-8,11,15-16,20H,9-10,12-14,17H2,1H3,(H,25,29). The van der Waals surface area contributed by atoms with E-state index in [1.165, 1.54) is 5.69 Å². The molecule has 1 aliphatic heterocycles. The summed E-state index contributed by atoms with van der Waals surface area (Å²) in [7, 11) is 1.99. The number of hydrogen-bond acceptors (Lipinski definition) is 4. The number of aryl methyl sites for hydroxylation is 1. The molecule has 3 aromatic rings. The molecular formula is C23H27N5O. The van der Waals surface area contributed by atoms with Crippen LogP contribution in [0.2, 0.25) is 0 Å². The number of carbonyl (C=O) groups is 1. The molecule has 1 aliphatic rings. The summed E-state index contributed by atoms with van der Waals surface area (Å²) in [5.74, 6) is 0.113. The van der Waals surface area contributed by atoms with Gasteiger partial charge in [0.15, 0.2) is 0 Å². The minimum atomic E-state index is 0.113. The summed E-state index contributed by atoms with van der Waals surface area (Å²) >= 11 is 0. The molecule has 1 N–H and O–H groups in total. The Balaban J connectivity index is 1.27. The summed E-state index contributed by atoms with van der Waals surface area (Å²) in [6.07, 6.45) is 6.03. The quantitative estimate of drug-likeness (QED) is 0.704. The van der Waals surface area contributed by atoms with Crippen LogP contribution in [0.15, 0.2) is 60.9 Å². The molecule has 6 heteroatoms. The van der Waals surface area contributed by atoms with Crippen LogP contribution in [0.4, 0.5) is 0 Å². The van der Waals surface area contributed by atoms with Crippen LogP contribution >= 0.6 is 0 Å². The van der Waals surface area contributed by atoms with E-state index < -0.39 is 0 Å². The monoisotopic (exact) mass is 389 g/mol. The molecule has 0 saturated carbocycles. The Bertz CT molecular complexity index is 930. The lowest BCUT2D eigenvalue weighted by molar-refractivity contribution is -0.121. The largest absolute Gasteiger partial charge is 0.353 e. The van der Waals surface area contributed by atoms with E-state index in [9.17, 15) is 4.79 Å². The maximum absolute atomic E-state index is 12.3. The van der Waals surface area contributed by atoms with Gasteiger partial charge in [0.05, 0.1) is 17.8 Å². The van der Waals surface area contributed by atoms with Gasteiger partial charge in [0, 0.05) is 50.7 Å². The zero-order valence-corrected chi connectivity index (χ0v) is 16.8. The Kier molecular flexibility index (Phi) is 6.00. The van der Waals surface area contributed by atoms with Crippen molar-refractivity contribution in [3.05, 3.63) is 72.2 Å². The summed E-state index contributed by atoms with van der Waals surface area (Å²) in [5.41, 5.74) is 4.24. The van der Waals surface area contributed by atoms with Gasteiger partial charge < -0.3 is 5.32 Å². The molecule has 150 valence electrons. The molecule has 4 rings (SSSR count). The molecule has 0 aliphatic carbocycles. The van der Waals surface area contributed by atoms with Gasteiger partial charge in [0.25, 0.3) is 0 Å². The van der Waals surface area contributed by atoms with Crippen molar-refractivity contribution in [1.82, 2.24) is 25.0 Å². The van der Waals surface area contributed by atoms with Gasteiger partial charge in [-0.25, -0.2) is 0 Å². The number of likely N-dealkylation sites (tertiary alicyclic amines) is 1. The average Bonchev–Trinajstić information content (AvgIpc) is 3.11. The van der Waals surface area contributed by atoms with Crippen LogP contribution in [0.3, 0.4) is 0 Å². The number of carbonyl (C=O) groups excluding carboxylic acids is 1. The van der Waals surface area contributed by atoms with Gasteiger partial charge in [-0.15, -0.1) is 0 Å². The van der Waals surface area contributed by atoms with Crippen molar-refractivity contribution < 1.29 is 4.79 Å². The lowest BCUT2D eigenvalue weighted by atomic mass is 10.0. The van der Waals surface area contributed by atoms with Crippen LogP contribution in [0.5, 0.6) is 0 Å². The number of nitrogens with one attached hydrogen (secondary N) is 1. The highest BCUT2D eigenvalue weighted by atomic mass is 16.1. The number of aromatic nitrogens is 3. The minimum absolute atomic E-state index is 0.113. The number of nitrogens with zero attached hydrogens (tertiary/aromatic N) is 4. The molecule has 6 nitrogen and oxygen atoms in total. The van der Waals surface area contributed by atoms with Crippen LogP contribution in [0.25, 0.3) is 11.3 Å². The molecule has 0 spiro atoms. The van der Waals surface area contributed by atoms with E-state index in [4.69, 9.17) is 0 Å². The van der Waals surface area contributed by atoms with E-state index in [1.54, 1.807) is 6.20 Å². The van der Waals surface area contributed by atoms with Crippen LogP contribution in [-0.4, -0.2) is 44.7 Å². The number of benzene rings is 1. The van der Waals surface area contributed by atoms with Gasteiger partial charge in [-0.1, -0.05) is 30.3 Å². The van der Waals surface area contributed by atoms with Crippen molar-refractivity contribution in [2.75, 3.05) is 13.1 Å². The molecule has 0 radical (unpaired) electrons. The van der Waals surface area contributed by atoms with Gasteiger partial charge in [-0.05, 0) is 36.6 Å². The third-order valence-electron chi connectivity index (χ3n) is 5.48. The lowest BCUT2D eigenvalue weighted by Crippen LogP contribution is -2.44. The van der Waals surface area contributed by atoms with Crippen molar-refractivity contribution in [1.29, 1.82) is 0 Å². The van der Waals surface area contributed by atoms with Crippen LogP contribution in [0, 0.1) is 0 Å². The first-order valence-corrected chi connectivity index (χ1v) is 10.2. The van der Waals surface area contributed by atoms with Crippen molar-refractivity contribution in [3.63, 3.8) is 0 Å². The molecule has 2 aromatic heterocycles. The van der Waals surface area contributed by atoms with Crippen LogP contribution in [-0.2, 0) is 24.8 Å². The minimum Gasteiger partial charge on any atom is -0.353 e. The van der Waals surface area contributed by atoms with Crippen molar-refractivity contribution in [2.24, 2.45) is 7.05 Å². The SMILES string of the molecule is Cn1nc(-c2cccnc2)cc1CN1CCC(NC(=O)Cc2ccccc2)CC1. The first kappa shape index (κ1) is 19.3. The fourth-order valence-electron chi connectivity index (χ4n) is 3.83. The zero-order chi connectivity index (χ0) is 20.1. The summed E-state index contributed by atoms with van der Waals surface area (Å²) in [4.78, 5) is 18.9. The van der Waals surface area contributed by atoms with E-state index >= 15 is 0 Å². The van der Waals surface area contributed by atoms with Gasteiger partial charge in [-0.3, -0.25) is 19.4 Å². The second-order valence-corrected chi connectivity index (χ2v) is 7.67. The maximum atomic E-state index is 12.3. The van der Waals surface area contributed by atoms with E-state index in [0.717, 1.165) is 49.3 Å². The van der Waals surface area contributed by atoms with E-state index in [0.29, 0.717) is 6.42 Å². The van der Waals surface area contributed by atoms with Crippen molar-refractivity contribution >= 4 is 5.91 Å². The number of hydrogen-bond donors (Lipinski definition) is 1. The topological polar surface area (TPSA) is 63.1 Å². The number of rotatable bonds is 6. The van der Waals surface area contributed by atoms with Gasteiger partial charge in [0.2, 0.25) is 5.91 Å². The fourth-order valence-corrected chi connectivity index (χ4v) is 3.83. The Morgan fingerprint density at radius 2 is 1.93 bits per heavy atom. The van der Waals surface area contributed by atoms with Crippen molar-refractivity contribution in [3.8, 4) is 11.3 Å². The predicted molar refractivity (Wildman–Crippen MR) is 113 cm³/mol. The van der Waals surface area contributed by atoms with E-state index in [-0.39, 0.29) is 11.9 Å². The normalized spacial score (nSPS) is 15.3. The fraction of sp³-hybridized carbons (Fsp3) is 0.348. The van der Waals surface area contributed by atoms with E-state index in [2.05, 4.69) is 26.4 Å². The number of piperidine rings is 1. The molecule has 3 heterocycles. The van der Waals surface area contributed by atoms with Crippen LogP contribution < -0.4 is 5.32 Å². The Morgan fingerprint density at radius 3 is 2.66 bits per heavy atom. The second kappa shape index (κ2) is 9.01.